The molecule has 0 saturated heterocycles. The number of carbonyl (C=O) groups excluding carboxylic acids is 1. The Labute approximate surface area is 92.5 Å². The maximum Gasteiger partial charge on any atom is 0.151 e. The summed E-state index contributed by atoms with van der Waals surface area (Å²) >= 11 is 6.04. The lowest BCUT2D eigenvalue weighted by atomic mass is 10.1. The molecule has 2 rings (SSSR count). The second-order valence-electron chi connectivity index (χ2n) is 3.10. The Hall–Kier alpha value is -1.67. The summed E-state index contributed by atoms with van der Waals surface area (Å²) in [7, 11) is 0. The van der Waals surface area contributed by atoms with E-state index >= 15 is 0 Å². The Bertz CT molecular complexity index is 496. The molecule has 0 N–H and O–H groups in total. The number of aromatic nitrogens is 1. The van der Waals surface area contributed by atoms with Gasteiger partial charge < -0.3 is 0 Å². The number of rotatable bonds is 2. The molecule has 0 bridgehead atoms. The van der Waals surface area contributed by atoms with Crippen LogP contribution in [0.3, 0.4) is 0 Å². The molecule has 1 heterocycles. The topological polar surface area (TPSA) is 30.0 Å². The highest BCUT2D eigenvalue weighted by Crippen LogP contribution is 2.26. The van der Waals surface area contributed by atoms with Crippen molar-refractivity contribution in [3.05, 3.63) is 53.3 Å². The molecule has 3 heteroatoms. The minimum atomic E-state index is 0.549. The van der Waals surface area contributed by atoms with Crippen molar-refractivity contribution >= 4 is 17.9 Å². The Morgan fingerprint density at radius 3 is 2.73 bits per heavy atom. The zero-order chi connectivity index (χ0) is 10.7. The van der Waals surface area contributed by atoms with Crippen LogP contribution in [0.25, 0.3) is 11.1 Å². The van der Waals surface area contributed by atoms with Crippen molar-refractivity contribution in [2.45, 2.75) is 0 Å². The first-order valence-electron chi connectivity index (χ1n) is 4.46. The lowest BCUT2D eigenvalue weighted by Gasteiger charge is -2.03. The van der Waals surface area contributed by atoms with Crippen LogP contribution in [0, 0.1) is 0 Å². The first-order valence-corrected chi connectivity index (χ1v) is 4.84. The van der Waals surface area contributed by atoms with Gasteiger partial charge in [-0.05, 0) is 12.1 Å². The molecular formula is C12H8ClNO. The van der Waals surface area contributed by atoms with Gasteiger partial charge in [-0.15, -0.1) is 0 Å². The Morgan fingerprint density at radius 1 is 1.20 bits per heavy atom. The highest BCUT2D eigenvalue weighted by Gasteiger charge is 2.03. The van der Waals surface area contributed by atoms with Crippen LogP contribution in [-0.4, -0.2) is 11.3 Å². The number of hydrogen-bond donors (Lipinski definition) is 0. The van der Waals surface area contributed by atoms with Gasteiger partial charge in [0.2, 0.25) is 0 Å². The summed E-state index contributed by atoms with van der Waals surface area (Å²) in [5.74, 6) is 0. The average Bonchev–Trinajstić information content (AvgIpc) is 2.30. The summed E-state index contributed by atoms with van der Waals surface area (Å²) in [6, 6.07) is 9.23. The minimum Gasteiger partial charge on any atom is -0.298 e. The fraction of sp³-hybridized carbons (Fsp3) is 0. The van der Waals surface area contributed by atoms with Crippen LogP contribution in [0.4, 0.5) is 0 Å². The molecule has 1 aromatic carbocycles. The van der Waals surface area contributed by atoms with Gasteiger partial charge in [-0.25, -0.2) is 0 Å². The smallest absolute Gasteiger partial charge is 0.151 e. The van der Waals surface area contributed by atoms with Crippen LogP contribution in [0.5, 0.6) is 0 Å². The molecule has 0 aliphatic rings. The minimum absolute atomic E-state index is 0.549. The van der Waals surface area contributed by atoms with Gasteiger partial charge in [0, 0.05) is 34.1 Å². The van der Waals surface area contributed by atoms with Crippen molar-refractivity contribution < 1.29 is 4.79 Å². The molecule has 0 aliphatic carbocycles. The average molecular weight is 218 g/mol. The third-order valence-electron chi connectivity index (χ3n) is 2.08. The van der Waals surface area contributed by atoms with E-state index in [2.05, 4.69) is 4.98 Å². The van der Waals surface area contributed by atoms with E-state index in [0.29, 0.717) is 10.6 Å². The molecule has 2 nitrogen and oxygen atoms in total. The number of halogens is 1. The summed E-state index contributed by atoms with van der Waals surface area (Å²) in [4.78, 5) is 14.6. The standard InChI is InChI=1S/C12H8ClNO/c13-12-4-2-1-3-11(12)10-5-9(8-15)6-14-7-10/h1-8H. The molecule has 1 aromatic heterocycles. The molecule has 0 unspecified atom stereocenters. The second-order valence-corrected chi connectivity index (χ2v) is 3.51. The predicted octanol–water partition coefficient (Wildman–Crippen LogP) is 3.21. The summed E-state index contributed by atoms with van der Waals surface area (Å²) in [6.07, 6.45) is 3.98. The van der Waals surface area contributed by atoms with Crippen molar-refractivity contribution in [3.8, 4) is 11.1 Å². The lowest BCUT2D eigenvalue weighted by molar-refractivity contribution is 0.112. The predicted molar refractivity (Wildman–Crippen MR) is 60.1 cm³/mol. The van der Waals surface area contributed by atoms with Crippen LogP contribution >= 0.6 is 11.6 Å². The Balaban J connectivity index is 2.54. The maximum absolute atomic E-state index is 10.6. The van der Waals surface area contributed by atoms with E-state index in [9.17, 15) is 4.79 Å². The van der Waals surface area contributed by atoms with Gasteiger partial charge in [0.05, 0.1) is 0 Å². The van der Waals surface area contributed by atoms with Crippen LogP contribution in [-0.2, 0) is 0 Å². The third-order valence-corrected chi connectivity index (χ3v) is 2.41. The van der Waals surface area contributed by atoms with Crippen molar-refractivity contribution in [2.75, 3.05) is 0 Å². The fourth-order valence-electron chi connectivity index (χ4n) is 1.36. The SMILES string of the molecule is O=Cc1cncc(-c2ccccc2Cl)c1. The molecule has 0 radical (unpaired) electrons. The molecule has 0 amide bonds. The van der Waals surface area contributed by atoms with Crippen molar-refractivity contribution in [3.63, 3.8) is 0 Å². The summed E-state index contributed by atoms with van der Waals surface area (Å²) in [5, 5.41) is 0.655. The number of carbonyl (C=O) groups is 1. The van der Waals surface area contributed by atoms with Gasteiger partial charge in [0.1, 0.15) is 0 Å². The molecule has 0 saturated carbocycles. The first-order chi connectivity index (χ1) is 7.31. The third kappa shape index (κ3) is 2.05. The van der Waals surface area contributed by atoms with Gasteiger partial charge in [0.25, 0.3) is 0 Å². The number of pyridine rings is 1. The fourth-order valence-corrected chi connectivity index (χ4v) is 1.61. The molecule has 0 spiro atoms. The molecule has 0 fully saturated rings. The number of nitrogens with zero attached hydrogens (tertiary/aromatic N) is 1. The van der Waals surface area contributed by atoms with E-state index < -0.39 is 0 Å². The summed E-state index contributed by atoms with van der Waals surface area (Å²) in [6.45, 7) is 0. The van der Waals surface area contributed by atoms with Gasteiger partial charge in [-0.3, -0.25) is 9.78 Å². The zero-order valence-electron chi connectivity index (χ0n) is 7.85. The molecule has 0 aliphatic heterocycles. The van der Waals surface area contributed by atoms with Crippen LogP contribution in [0.15, 0.2) is 42.7 Å². The van der Waals surface area contributed by atoms with E-state index in [4.69, 9.17) is 11.6 Å². The largest absolute Gasteiger partial charge is 0.298 e. The normalized spacial score (nSPS) is 9.93. The molecule has 0 atom stereocenters. The van der Waals surface area contributed by atoms with Gasteiger partial charge in [0.15, 0.2) is 6.29 Å². The highest BCUT2D eigenvalue weighted by atomic mass is 35.5. The highest BCUT2D eigenvalue weighted by molar-refractivity contribution is 6.33. The van der Waals surface area contributed by atoms with E-state index in [1.807, 2.05) is 24.3 Å². The van der Waals surface area contributed by atoms with E-state index in [0.717, 1.165) is 17.4 Å². The molecular weight excluding hydrogens is 210 g/mol. The number of hydrogen-bond acceptors (Lipinski definition) is 2. The van der Waals surface area contributed by atoms with Crippen molar-refractivity contribution in [1.82, 2.24) is 4.98 Å². The Kier molecular flexibility index (Phi) is 2.79. The first kappa shape index (κ1) is 9.87. The van der Waals surface area contributed by atoms with Crippen LogP contribution in [0.2, 0.25) is 5.02 Å². The van der Waals surface area contributed by atoms with Gasteiger partial charge in [-0.2, -0.15) is 0 Å². The van der Waals surface area contributed by atoms with E-state index in [1.165, 1.54) is 6.20 Å². The second kappa shape index (κ2) is 4.24. The molecule has 15 heavy (non-hydrogen) atoms. The summed E-state index contributed by atoms with van der Waals surface area (Å²) < 4.78 is 0. The van der Waals surface area contributed by atoms with Gasteiger partial charge >= 0.3 is 0 Å². The molecule has 74 valence electrons. The van der Waals surface area contributed by atoms with Crippen molar-refractivity contribution in [2.24, 2.45) is 0 Å². The summed E-state index contributed by atoms with van der Waals surface area (Å²) in [5.41, 5.74) is 2.29. The van der Waals surface area contributed by atoms with Gasteiger partial charge in [-0.1, -0.05) is 29.8 Å². The Morgan fingerprint density at radius 2 is 2.00 bits per heavy atom. The van der Waals surface area contributed by atoms with E-state index in [1.54, 1.807) is 12.3 Å². The molecule has 2 aromatic rings. The van der Waals surface area contributed by atoms with Crippen LogP contribution in [0.1, 0.15) is 10.4 Å². The zero-order valence-corrected chi connectivity index (χ0v) is 8.61. The lowest BCUT2D eigenvalue weighted by Crippen LogP contribution is -1.85. The quantitative estimate of drug-likeness (QED) is 0.723. The van der Waals surface area contributed by atoms with E-state index in [-0.39, 0.29) is 0 Å². The maximum atomic E-state index is 10.6. The van der Waals surface area contributed by atoms with Crippen molar-refractivity contribution in [1.29, 1.82) is 0 Å². The number of benzene rings is 1. The number of aldehydes is 1. The monoisotopic (exact) mass is 217 g/mol. The van der Waals surface area contributed by atoms with Crippen LogP contribution < -0.4 is 0 Å².